The third-order valence-corrected chi connectivity index (χ3v) is 1.35. The van der Waals surface area contributed by atoms with Crippen molar-refractivity contribution in [1.82, 2.24) is 14.6 Å². The van der Waals surface area contributed by atoms with Gasteiger partial charge in [0, 0.05) is 12.4 Å². The molecule has 0 aliphatic carbocycles. The first-order valence-corrected chi connectivity index (χ1v) is 2.91. The Bertz CT molecular complexity index is 356. The van der Waals surface area contributed by atoms with E-state index >= 15 is 0 Å². The molecule has 2 heterocycles. The first-order chi connectivity index (χ1) is 4.88. The van der Waals surface area contributed by atoms with E-state index in [0.29, 0.717) is 5.69 Å². The summed E-state index contributed by atoms with van der Waals surface area (Å²) in [7, 11) is 0. The molecule has 0 fully saturated rings. The fourth-order valence-corrected chi connectivity index (χ4v) is 0.853. The van der Waals surface area contributed by atoms with Crippen molar-refractivity contribution < 1.29 is 0 Å². The van der Waals surface area contributed by atoms with Crippen LogP contribution in [0, 0.1) is 0 Å². The molecule has 0 radical (unpaired) electrons. The predicted molar refractivity (Wildman–Crippen MR) is 44.6 cm³/mol. The number of anilines is 1. The Morgan fingerprint density at radius 1 is 1.36 bits per heavy atom. The van der Waals surface area contributed by atoms with Crippen molar-refractivity contribution in [3.63, 3.8) is 0 Å². The predicted octanol–water partition coefficient (Wildman–Crippen LogP) is 0.733. The first kappa shape index (κ1) is 7.81. The largest absolute Gasteiger partial charge is 0.396 e. The Morgan fingerprint density at radius 3 is 2.91 bits per heavy atom. The number of halogens is 1. The molecular formula is C6H7ClN4. The summed E-state index contributed by atoms with van der Waals surface area (Å²) in [6.45, 7) is 0. The van der Waals surface area contributed by atoms with Crippen molar-refractivity contribution in [3.8, 4) is 0 Å². The van der Waals surface area contributed by atoms with E-state index in [1.54, 1.807) is 29.3 Å². The topological polar surface area (TPSA) is 56.2 Å². The quantitative estimate of drug-likeness (QED) is 0.634. The van der Waals surface area contributed by atoms with Gasteiger partial charge in [0.25, 0.3) is 0 Å². The molecule has 58 valence electrons. The van der Waals surface area contributed by atoms with Crippen molar-refractivity contribution >= 4 is 23.6 Å². The number of nitrogen functional groups attached to an aromatic ring is 1. The number of nitrogens with two attached hydrogens (primary N) is 1. The van der Waals surface area contributed by atoms with E-state index < -0.39 is 0 Å². The van der Waals surface area contributed by atoms with Crippen LogP contribution < -0.4 is 5.73 Å². The van der Waals surface area contributed by atoms with Crippen molar-refractivity contribution in [3.05, 3.63) is 24.8 Å². The van der Waals surface area contributed by atoms with Gasteiger partial charge in [-0.15, -0.1) is 12.4 Å². The van der Waals surface area contributed by atoms with Crippen molar-refractivity contribution in [2.75, 3.05) is 5.73 Å². The zero-order valence-corrected chi connectivity index (χ0v) is 6.45. The normalized spacial score (nSPS) is 9.45. The van der Waals surface area contributed by atoms with Crippen LogP contribution in [-0.4, -0.2) is 14.6 Å². The second-order valence-corrected chi connectivity index (χ2v) is 2.01. The number of fused-ring (bicyclic) bond motifs is 1. The molecule has 0 unspecified atom stereocenters. The lowest BCUT2D eigenvalue weighted by Gasteiger charge is -1.88. The van der Waals surface area contributed by atoms with Gasteiger partial charge in [0.1, 0.15) is 5.52 Å². The molecule has 0 saturated carbocycles. The Labute approximate surface area is 69.5 Å². The van der Waals surface area contributed by atoms with Gasteiger partial charge in [-0.05, 0) is 0 Å². The minimum atomic E-state index is 0. The minimum absolute atomic E-state index is 0. The molecule has 0 atom stereocenters. The molecule has 4 nitrogen and oxygen atoms in total. The van der Waals surface area contributed by atoms with Gasteiger partial charge in [0.15, 0.2) is 0 Å². The van der Waals surface area contributed by atoms with Crippen LogP contribution in [0.3, 0.4) is 0 Å². The zero-order valence-electron chi connectivity index (χ0n) is 5.64. The number of aromatic nitrogens is 3. The number of hydrogen-bond acceptors (Lipinski definition) is 3. The molecule has 2 rings (SSSR count). The van der Waals surface area contributed by atoms with Crippen LogP contribution >= 0.6 is 12.4 Å². The summed E-state index contributed by atoms with van der Waals surface area (Å²) in [5.74, 6) is 0. The average molecular weight is 171 g/mol. The summed E-state index contributed by atoms with van der Waals surface area (Å²) in [4.78, 5) is 3.91. The number of hydrogen-bond donors (Lipinski definition) is 1. The summed E-state index contributed by atoms with van der Waals surface area (Å²) in [6.07, 6.45) is 6.71. The maximum absolute atomic E-state index is 5.55. The van der Waals surface area contributed by atoms with Crippen LogP contribution in [-0.2, 0) is 0 Å². The van der Waals surface area contributed by atoms with Gasteiger partial charge in [-0.3, -0.25) is 4.98 Å². The van der Waals surface area contributed by atoms with Gasteiger partial charge in [0.2, 0.25) is 0 Å². The van der Waals surface area contributed by atoms with Crippen LogP contribution in [0.15, 0.2) is 24.8 Å². The fraction of sp³-hybridized carbons (Fsp3) is 0. The van der Waals surface area contributed by atoms with E-state index in [4.69, 9.17) is 5.73 Å². The Hall–Kier alpha value is -1.29. The second kappa shape index (κ2) is 2.75. The Kier molecular flexibility index (Phi) is 1.96. The third kappa shape index (κ3) is 1.12. The molecule has 0 aliphatic heterocycles. The van der Waals surface area contributed by atoms with Crippen LogP contribution in [0.1, 0.15) is 0 Å². The SMILES string of the molecule is Cl.Nc1cnn2ccncc12. The van der Waals surface area contributed by atoms with E-state index in [-0.39, 0.29) is 12.4 Å². The van der Waals surface area contributed by atoms with Crippen LogP contribution in [0.25, 0.3) is 5.52 Å². The Balaban J connectivity index is 0.000000605. The maximum atomic E-state index is 5.55. The van der Waals surface area contributed by atoms with E-state index in [1.807, 2.05) is 0 Å². The molecule has 0 aliphatic rings. The van der Waals surface area contributed by atoms with E-state index in [9.17, 15) is 0 Å². The minimum Gasteiger partial charge on any atom is -0.396 e. The van der Waals surface area contributed by atoms with Crippen molar-refractivity contribution in [1.29, 1.82) is 0 Å². The molecule has 0 spiro atoms. The summed E-state index contributed by atoms with van der Waals surface area (Å²) in [5, 5.41) is 3.97. The zero-order chi connectivity index (χ0) is 6.97. The summed E-state index contributed by atoms with van der Waals surface area (Å²) in [5.41, 5.74) is 7.06. The molecule has 2 aromatic rings. The smallest absolute Gasteiger partial charge is 0.107 e. The lowest BCUT2D eigenvalue weighted by Crippen LogP contribution is -1.87. The highest BCUT2D eigenvalue weighted by atomic mass is 35.5. The van der Waals surface area contributed by atoms with Crippen LogP contribution in [0.5, 0.6) is 0 Å². The number of nitrogens with zero attached hydrogens (tertiary/aromatic N) is 3. The molecule has 2 N–H and O–H groups in total. The Morgan fingerprint density at radius 2 is 2.18 bits per heavy atom. The summed E-state index contributed by atoms with van der Waals surface area (Å²) >= 11 is 0. The third-order valence-electron chi connectivity index (χ3n) is 1.35. The van der Waals surface area contributed by atoms with Crippen LogP contribution in [0.4, 0.5) is 5.69 Å². The van der Waals surface area contributed by atoms with Gasteiger partial charge < -0.3 is 5.73 Å². The van der Waals surface area contributed by atoms with Gasteiger partial charge in [-0.2, -0.15) is 5.10 Å². The van der Waals surface area contributed by atoms with Gasteiger partial charge in [0.05, 0.1) is 18.1 Å². The average Bonchev–Trinajstić information content (AvgIpc) is 2.34. The molecule has 0 saturated heterocycles. The highest BCUT2D eigenvalue weighted by molar-refractivity contribution is 5.85. The lowest BCUT2D eigenvalue weighted by atomic mass is 10.5. The summed E-state index contributed by atoms with van der Waals surface area (Å²) < 4.78 is 1.68. The molecule has 11 heavy (non-hydrogen) atoms. The summed E-state index contributed by atoms with van der Waals surface area (Å²) in [6, 6.07) is 0. The van der Waals surface area contributed by atoms with Crippen molar-refractivity contribution in [2.24, 2.45) is 0 Å². The molecule has 2 aromatic heterocycles. The van der Waals surface area contributed by atoms with Crippen LogP contribution in [0.2, 0.25) is 0 Å². The van der Waals surface area contributed by atoms with Gasteiger partial charge in [-0.25, -0.2) is 4.52 Å². The lowest BCUT2D eigenvalue weighted by molar-refractivity contribution is 0.946. The molecular weight excluding hydrogens is 164 g/mol. The maximum Gasteiger partial charge on any atom is 0.107 e. The number of rotatable bonds is 0. The van der Waals surface area contributed by atoms with Gasteiger partial charge >= 0.3 is 0 Å². The van der Waals surface area contributed by atoms with E-state index in [0.717, 1.165) is 5.52 Å². The van der Waals surface area contributed by atoms with E-state index in [1.165, 1.54) is 0 Å². The fourth-order valence-electron chi connectivity index (χ4n) is 0.853. The standard InChI is InChI=1S/C6H6N4.ClH/c7-5-3-9-10-2-1-8-4-6(5)10;/h1-4H,7H2;1H. The molecule has 5 heteroatoms. The molecule has 0 aromatic carbocycles. The van der Waals surface area contributed by atoms with Gasteiger partial charge in [-0.1, -0.05) is 0 Å². The molecule has 0 amide bonds. The highest BCUT2D eigenvalue weighted by Gasteiger charge is 1.95. The van der Waals surface area contributed by atoms with E-state index in [2.05, 4.69) is 10.1 Å². The monoisotopic (exact) mass is 170 g/mol. The second-order valence-electron chi connectivity index (χ2n) is 2.01. The molecule has 0 bridgehead atoms. The van der Waals surface area contributed by atoms with Crippen molar-refractivity contribution in [2.45, 2.75) is 0 Å². The first-order valence-electron chi connectivity index (χ1n) is 2.91. The highest BCUT2D eigenvalue weighted by Crippen LogP contribution is 2.08.